The zero-order valence-electron chi connectivity index (χ0n) is 17.5. The van der Waals surface area contributed by atoms with Gasteiger partial charge in [0.1, 0.15) is 11.3 Å². The minimum absolute atomic E-state index is 0. The first-order chi connectivity index (χ1) is 15.0. The fourth-order valence-corrected chi connectivity index (χ4v) is 4.85. The molecule has 2 amide bonds. The number of aromatic nitrogens is 2. The Hall–Kier alpha value is -2.77. The number of carbonyl (C=O) groups excluding carboxylic acids is 2. The number of halogens is 2. The Morgan fingerprint density at radius 1 is 1.06 bits per heavy atom. The molecule has 3 aromatic rings. The van der Waals surface area contributed by atoms with Gasteiger partial charge in [0.15, 0.2) is 0 Å². The number of amides is 2. The first-order valence-electron chi connectivity index (χ1n) is 10.9. The molecule has 0 spiro atoms. The van der Waals surface area contributed by atoms with Crippen LogP contribution in [0.15, 0.2) is 42.7 Å². The maximum absolute atomic E-state index is 16.0. The van der Waals surface area contributed by atoms with E-state index in [1.54, 1.807) is 24.3 Å². The first-order valence-corrected chi connectivity index (χ1v) is 10.9. The van der Waals surface area contributed by atoms with Crippen LogP contribution in [0.3, 0.4) is 0 Å². The van der Waals surface area contributed by atoms with Gasteiger partial charge in [0.05, 0.1) is 23.4 Å². The number of piperidine rings is 1. The number of nitrogens with zero attached hydrogens (tertiary/aromatic N) is 3. The Balaban J connectivity index is 0.00000216. The molecule has 1 saturated heterocycles. The van der Waals surface area contributed by atoms with Gasteiger partial charge in [-0.2, -0.15) is 0 Å². The molecule has 8 heteroatoms. The summed E-state index contributed by atoms with van der Waals surface area (Å²) in [5, 5.41) is 3.23. The molecular weight excluding hydrogens is 431 g/mol. The number of fused-ring (bicyclic) bond motifs is 2. The van der Waals surface area contributed by atoms with E-state index in [0.717, 1.165) is 18.4 Å². The minimum Gasteiger partial charge on any atom is -0.316 e. The van der Waals surface area contributed by atoms with Gasteiger partial charge in [-0.3, -0.25) is 14.5 Å². The van der Waals surface area contributed by atoms with Crippen molar-refractivity contribution in [2.75, 3.05) is 13.1 Å². The monoisotopic (exact) mass is 454 g/mol. The molecule has 32 heavy (non-hydrogen) atoms. The summed E-state index contributed by atoms with van der Waals surface area (Å²) >= 11 is 0. The molecule has 1 N–H and O–H groups in total. The molecule has 0 bridgehead atoms. The van der Waals surface area contributed by atoms with Crippen LogP contribution < -0.4 is 5.32 Å². The lowest BCUT2D eigenvalue weighted by atomic mass is 9.86. The third kappa shape index (κ3) is 3.31. The van der Waals surface area contributed by atoms with Crippen LogP contribution in [0.1, 0.15) is 69.1 Å². The predicted molar refractivity (Wildman–Crippen MR) is 120 cm³/mol. The van der Waals surface area contributed by atoms with Crippen LogP contribution in [-0.2, 0) is 12.2 Å². The van der Waals surface area contributed by atoms with E-state index in [0.29, 0.717) is 59.9 Å². The lowest BCUT2D eigenvalue weighted by Crippen LogP contribution is -2.37. The first kappa shape index (κ1) is 21.1. The van der Waals surface area contributed by atoms with Crippen molar-refractivity contribution in [2.24, 2.45) is 0 Å². The fourth-order valence-electron chi connectivity index (χ4n) is 4.85. The SMILES string of the molecule is Cl.O=C1c2ccccc2C(=O)N1Cc1cn2cc(C3CC3)cc(C3(F)CCNCC3)c2n1. The van der Waals surface area contributed by atoms with Crippen LogP contribution in [-0.4, -0.2) is 39.2 Å². The van der Waals surface area contributed by atoms with Gasteiger partial charge in [0.2, 0.25) is 0 Å². The summed E-state index contributed by atoms with van der Waals surface area (Å²) in [7, 11) is 0. The number of alkyl halides is 1. The van der Waals surface area contributed by atoms with Crippen molar-refractivity contribution in [2.45, 2.75) is 43.8 Å². The van der Waals surface area contributed by atoms with Crippen molar-refractivity contribution in [3.8, 4) is 0 Å². The number of hydrogen-bond acceptors (Lipinski definition) is 4. The van der Waals surface area contributed by atoms with Crippen molar-refractivity contribution in [1.29, 1.82) is 0 Å². The van der Waals surface area contributed by atoms with Gasteiger partial charge in [-0.15, -0.1) is 12.4 Å². The lowest BCUT2D eigenvalue weighted by Gasteiger charge is -2.31. The van der Waals surface area contributed by atoms with Crippen LogP contribution >= 0.6 is 12.4 Å². The summed E-state index contributed by atoms with van der Waals surface area (Å²) in [5.74, 6) is -0.135. The molecule has 1 aliphatic carbocycles. The molecule has 1 saturated carbocycles. The normalized spacial score (nSPS) is 19.8. The highest BCUT2D eigenvalue weighted by atomic mass is 35.5. The third-order valence-corrected chi connectivity index (χ3v) is 6.75. The quantitative estimate of drug-likeness (QED) is 0.605. The summed E-state index contributed by atoms with van der Waals surface area (Å²) in [6.45, 7) is 1.35. The fraction of sp³-hybridized carbons (Fsp3) is 0.375. The van der Waals surface area contributed by atoms with E-state index in [1.807, 2.05) is 22.9 Å². The average Bonchev–Trinajstić information content (AvgIpc) is 3.51. The topological polar surface area (TPSA) is 66.7 Å². The Morgan fingerprint density at radius 2 is 1.72 bits per heavy atom. The van der Waals surface area contributed by atoms with Crippen molar-refractivity contribution in [3.05, 3.63) is 70.7 Å². The van der Waals surface area contributed by atoms with Crippen LogP contribution in [0.25, 0.3) is 5.65 Å². The van der Waals surface area contributed by atoms with Crippen molar-refractivity contribution in [3.63, 3.8) is 0 Å². The molecular formula is C24H24ClFN4O2. The standard InChI is InChI=1S/C24H23FN4O2.ClH/c25-24(7-9-26-10-8-24)20-11-16(15-5-6-15)12-28-13-17(27-21(20)28)14-29-22(30)18-3-1-2-4-19(18)23(29)31;/h1-4,11-13,15,26H,5-10,14H2;1H. The highest BCUT2D eigenvalue weighted by Crippen LogP contribution is 2.44. The van der Waals surface area contributed by atoms with E-state index < -0.39 is 5.67 Å². The number of carbonyl (C=O) groups is 2. The van der Waals surface area contributed by atoms with Gasteiger partial charge in [-0.05, 0) is 68.5 Å². The summed E-state index contributed by atoms with van der Waals surface area (Å²) in [6.07, 6.45) is 6.94. The summed E-state index contributed by atoms with van der Waals surface area (Å²) in [6, 6.07) is 8.84. The largest absolute Gasteiger partial charge is 0.316 e. The average molecular weight is 455 g/mol. The van der Waals surface area contributed by atoms with Crippen LogP contribution in [0.4, 0.5) is 4.39 Å². The minimum atomic E-state index is -1.42. The molecule has 6 rings (SSSR count). The molecule has 3 aliphatic rings. The molecule has 2 aromatic heterocycles. The lowest BCUT2D eigenvalue weighted by molar-refractivity contribution is 0.0640. The second-order valence-corrected chi connectivity index (χ2v) is 8.88. The number of imide groups is 1. The second kappa shape index (κ2) is 7.67. The van der Waals surface area contributed by atoms with Gasteiger partial charge in [0.25, 0.3) is 11.8 Å². The molecule has 6 nitrogen and oxygen atoms in total. The molecule has 0 unspecified atom stereocenters. The number of rotatable bonds is 4. The second-order valence-electron chi connectivity index (χ2n) is 8.88. The van der Waals surface area contributed by atoms with E-state index in [-0.39, 0.29) is 30.8 Å². The van der Waals surface area contributed by atoms with Crippen molar-refractivity contribution < 1.29 is 14.0 Å². The summed E-state index contributed by atoms with van der Waals surface area (Å²) in [5.41, 5.74) is 2.36. The molecule has 2 fully saturated rings. The highest BCUT2D eigenvalue weighted by molar-refractivity contribution is 6.21. The molecule has 4 heterocycles. The number of hydrogen-bond donors (Lipinski definition) is 1. The Labute approximate surface area is 191 Å². The van der Waals surface area contributed by atoms with E-state index in [9.17, 15) is 9.59 Å². The van der Waals surface area contributed by atoms with Gasteiger partial charge < -0.3 is 9.72 Å². The van der Waals surface area contributed by atoms with Gasteiger partial charge in [-0.1, -0.05) is 12.1 Å². The summed E-state index contributed by atoms with van der Waals surface area (Å²) < 4.78 is 17.9. The molecule has 166 valence electrons. The molecule has 2 aliphatic heterocycles. The van der Waals surface area contributed by atoms with E-state index in [2.05, 4.69) is 5.32 Å². The molecule has 0 radical (unpaired) electrons. The Morgan fingerprint density at radius 3 is 2.34 bits per heavy atom. The number of nitrogens with one attached hydrogen (secondary N) is 1. The maximum Gasteiger partial charge on any atom is 0.261 e. The third-order valence-electron chi connectivity index (χ3n) is 6.75. The number of benzene rings is 1. The molecule has 0 atom stereocenters. The van der Waals surface area contributed by atoms with Crippen molar-refractivity contribution >= 4 is 29.9 Å². The predicted octanol–water partition coefficient (Wildman–Crippen LogP) is 3.98. The van der Waals surface area contributed by atoms with Crippen molar-refractivity contribution in [1.82, 2.24) is 19.6 Å². The highest BCUT2D eigenvalue weighted by Gasteiger charge is 2.39. The number of imidazole rings is 1. The van der Waals surface area contributed by atoms with E-state index >= 15 is 4.39 Å². The Bertz CT molecular complexity index is 1190. The zero-order valence-corrected chi connectivity index (χ0v) is 18.3. The van der Waals surface area contributed by atoms with Crippen LogP contribution in [0, 0.1) is 0 Å². The van der Waals surface area contributed by atoms with Crippen LogP contribution in [0.2, 0.25) is 0 Å². The Kier molecular flexibility index (Phi) is 5.06. The van der Waals surface area contributed by atoms with Gasteiger partial charge in [0, 0.05) is 18.0 Å². The molecule has 1 aromatic carbocycles. The zero-order chi connectivity index (χ0) is 21.2. The number of pyridine rings is 1. The van der Waals surface area contributed by atoms with Gasteiger partial charge >= 0.3 is 0 Å². The van der Waals surface area contributed by atoms with Gasteiger partial charge in [-0.25, -0.2) is 9.37 Å². The summed E-state index contributed by atoms with van der Waals surface area (Å²) in [4.78, 5) is 31.4. The van der Waals surface area contributed by atoms with E-state index in [4.69, 9.17) is 4.98 Å². The van der Waals surface area contributed by atoms with E-state index in [1.165, 1.54) is 4.90 Å². The maximum atomic E-state index is 16.0. The smallest absolute Gasteiger partial charge is 0.261 e. The van der Waals surface area contributed by atoms with Crippen LogP contribution in [0.5, 0.6) is 0 Å².